The lowest BCUT2D eigenvalue weighted by molar-refractivity contribution is -0.793. The van der Waals surface area contributed by atoms with Crippen LogP contribution in [0.3, 0.4) is 0 Å². The van der Waals surface area contributed by atoms with Crippen LogP contribution in [0.15, 0.2) is 65.6 Å². The average Bonchev–Trinajstić information content (AvgIpc) is 3.09. The third kappa shape index (κ3) is 4.79. The molecule has 5 nitrogen and oxygen atoms in total. The zero-order valence-corrected chi connectivity index (χ0v) is 18.7. The van der Waals surface area contributed by atoms with E-state index in [1.165, 1.54) is 0 Å². The smallest absolute Gasteiger partial charge is 0.435 e. The molecule has 0 aromatic heterocycles. The van der Waals surface area contributed by atoms with Gasteiger partial charge in [-0.25, -0.2) is 4.79 Å². The molecule has 30 heavy (non-hydrogen) atoms. The maximum absolute atomic E-state index is 13.3. The SMILES string of the molecule is CC(CSC(=O)c1ccccc1)C(=O)[N@@+]1(C(=O)O)C[C@H](Sc2ccccc2)C[C@H]1C. The molecule has 3 rings (SSSR count). The fourth-order valence-electron chi connectivity index (χ4n) is 3.90. The van der Waals surface area contributed by atoms with E-state index in [1.807, 2.05) is 43.3 Å². The first kappa shape index (κ1) is 22.6. The number of amides is 2. The van der Waals surface area contributed by atoms with E-state index in [9.17, 15) is 19.5 Å². The van der Waals surface area contributed by atoms with Crippen LogP contribution in [0.25, 0.3) is 0 Å². The summed E-state index contributed by atoms with van der Waals surface area (Å²) >= 11 is 2.70. The van der Waals surface area contributed by atoms with Crippen molar-refractivity contribution in [1.29, 1.82) is 0 Å². The minimum absolute atomic E-state index is 0.0493. The Morgan fingerprint density at radius 2 is 1.67 bits per heavy atom. The van der Waals surface area contributed by atoms with E-state index in [1.54, 1.807) is 43.0 Å². The summed E-state index contributed by atoms with van der Waals surface area (Å²) in [4.78, 5) is 39.1. The fraction of sp³-hybridized carbons (Fsp3) is 0.348. The molecule has 0 aliphatic carbocycles. The molecule has 0 spiro atoms. The number of carbonyl (C=O) groups is 3. The van der Waals surface area contributed by atoms with Crippen molar-refractivity contribution in [2.75, 3.05) is 12.3 Å². The Bertz CT molecular complexity index is 906. The molecule has 2 aromatic rings. The van der Waals surface area contributed by atoms with Crippen molar-refractivity contribution < 1.29 is 24.0 Å². The summed E-state index contributed by atoms with van der Waals surface area (Å²) < 4.78 is -0.564. The van der Waals surface area contributed by atoms with Gasteiger partial charge in [-0.15, -0.1) is 11.8 Å². The van der Waals surface area contributed by atoms with Gasteiger partial charge in [-0.3, -0.25) is 4.79 Å². The van der Waals surface area contributed by atoms with Crippen molar-refractivity contribution in [3.8, 4) is 0 Å². The van der Waals surface area contributed by atoms with Gasteiger partial charge >= 0.3 is 12.0 Å². The van der Waals surface area contributed by atoms with Gasteiger partial charge in [-0.2, -0.15) is 9.28 Å². The van der Waals surface area contributed by atoms with Crippen LogP contribution in [0.1, 0.15) is 30.6 Å². The van der Waals surface area contributed by atoms with Gasteiger partial charge in [0, 0.05) is 22.6 Å². The van der Waals surface area contributed by atoms with Gasteiger partial charge in [0.15, 0.2) is 0 Å². The van der Waals surface area contributed by atoms with Crippen LogP contribution in [-0.4, -0.2) is 50.3 Å². The van der Waals surface area contributed by atoms with Gasteiger partial charge in [0.1, 0.15) is 12.6 Å². The molecule has 1 fully saturated rings. The van der Waals surface area contributed by atoms with Crippen LogP contribution in [0.2, 0.25) is 0 Å². The van der Waals surface area contributed by atoms with Crippen molar-refractivity contribution in [1.82, 2.24) is 0 Å². The molecule has 1 heterocycles. The Morgan fingerprint density at radius 3 is 2.27 bits per heavy atom. The molecule has 0 bridgehead atoms. The minimum atomic E-state index is -1.10. The monoisotopic (exact) mass is 444 g/mol. The average molecular weight is 445 g/mol. The van der Waals surface area contributed by atoms with Gasteiger partial charge in [-0.05, 0) is 26.0 Å². The third-order valence-electron chi connectivity index (χ3n) is 5.52. The number of nitrogens with zero attached hydrogens (tertiary/aromatic N) is 1. The Hall–Kier alpha value is -2.09. The number of carboxylic acid groups (broad SMARTS) is 1. The molecule has 4 atom stereocenters. The molecule has 0 radical (unpaired) electrons. The third-order valence-corrected chi connectivity index (χ3v) is 7.91. The summed E-state index contributed by atoms with van der Waals surface area (Å²) in [6, 6.07) is 18.4. The van der Waals surface area contributed by atoms with E-state index in [0.717, 1.165) is 16.7 Å². The summed E-state index contributed by atoms with van der Waals surface area (Å²) in [6.07, 6.45) is -0.449. The van der Waals surface area contributed by atoms with E-state index >= 15 is 0 Å². The zero-order chi connectivity index (χ0) is 21.7. The highest BCUT2D eigenvalue weighted by molar-refractivity contribution is 8.14. The zero-order valence-electron chi connectivity index (χ0n) is 17.1. The number of hydrogen-bond acceptors (Lipinski definition) is 5. The number of benzene rings is 2. The van der Waals surface area contributed by atoms with Crippen molar-refractivity contribution >= 4 is 40.6 Å². The summed E-state index contributed by atoms with van der Waals surface area (Å²) in [5, 5.41) is 10.0. The van der Waals surface area contributed by atoms with E-state index in [2.05, 4.69) is 0 Å². The predicted molar refractivity (Wildman–Crippen MR) is 121 cm³/mol. The second-order valence-corrected chi connectivity index (χ2v) is 10.0. The lowest BCUT2D eigenvalue weighted by atomic mass is 10.1. The van der Waals surface area contributed by atoms with Crippen LogP contribution in [0.4, 0.5) is 4.79 Å². The summed E-state index contributed by atoms with van der Waals surface area (Å²) in [5.41, 5.74) is 0.582. The lowest BCUT2D eigenvalue weighted by Gasteiger charge is -2.31. The highest BCUT2D eigenvalue weighted by Crippen LogP contribution is 2.39. The number of hydrogen-bond donors (Lipinski definition) is 1. The normalized spacial score (nSPS) is 24.3. The molecular weight excluding hydrogens is 418 g/mol. The van der Waals surface area contributed by atoms with Gasteiger partial charge < -0.3 is 5.11 Å². The Labute approximate surface area is 185 Å². The fourth-order valence-corrected chi connectivity index (χ4v) is 6.13. The highest BCUT2D eigenvalue weighted by Gasteiger charge is 2.57. The first-order valence-corrected chi connectivity index (χ1v) is 11.8. The number of quaternary nitrogens is 1. The van der Waals surface area contributed by atoms with Crippen molar-refractivity contribution in [2.24, 2.45) is 5.92 Å². The van der Waals surface area contributed by atoms with Crippen LogP contribution in [-0.2, 0) is 4.79 Å². The second kappa shape index (κ2) is 9.81. The quantitative estimate of drug-likeness (QED) is 0.620. The number of thioether (sulfide) groups is 2. The second-order valence-electron chi connectivity index (χ2n) is 7.68. The van der Waals surface area contributed by atoms with Crippen LogP contribution in [0.5, 0.6) is 0 Å². The topological polar surface area (TPSA) is 71.4 Å². The van der Waals surface area contributed by atoms with E-state index < -0.39 is 16.5 Å². The maximum atomic E-state index is 13.3. The molecule has 1 aliphatic heterocycles. The van der Waals surface area contributed by atoms with Crippen molar-refractivity contribution in [2.45, 2.75) is 36.5 Å². The first-order valence-electron chi connectivity index (χ1n) is 9.94. The highest BCUT2D eigenvalue weighted by atomic mass is 32.2. The molecule has 2 aromatic carbocycles. The number of carbonyl (C=O) groups excluding carboxylic acids is 2. The van der Waals surface area contributed by atoms with E-state index in [4.69, 9.17) is 0 Å². The van der Waals surface area contributed by atoms with E-state index in [0.29, 0.717) is 12.0 Å². The summed E-state index contributed by atoms with van der Waals surface area (Å²) in [5.74, 6) is -0.593. The molecule has 1 unspecified atom stereocenters. The molecule has 7 heteroatoms. The van der Waals surface area contributed by atoms with Crippen molar-refractivity contribution in [3.05, 3.63) is 66.2 Å². The predicted octanol–water partition coefficient (Wildman–Crippen LogP) is 5.17. The first-order chi connectivity index (χ1) is 14.3. The molecule has 1 saturated heterocycles. The molecule has 158 valence electrons. The molecule has 2 amide bonds. The van der Waals surface area contributed by atoms with Gasteiger partial charge in [0.25, 0.3) is 0 Å². The molecule has 0 saturated carbocycles. The Balaban J connectivity index is 1.69. The number of rotatable bonds is 6. The molecule has 1 aliphatic rings. The minimum Gasteiger partial charge on any atom is -0.435 e. The van der Waals surface area contributed by atoms with Gasteiger partial charge in [-0.1, -0.05) is 60.3 Å². The largest absolute Gasteiger partial charge is 0.521 e. The summed E-state index contributed by atoms with van der Waals surface area (Å²) in [7, 11) is 0. The van der Waals surface area contributed by atoms with Crippen LogP contribution in [0, 0.1) is 5.92 Å². The van der Waals surface area contributed by atoms with E-state index in [-0.39, 0.29) is 34.6 Å². The van der Waals surface area contributed by atoms with Crippen LogP contribution < -0.4 is 0 Å². The Morgan fingerprint density at radius 1 is 1.07 bits per heavy atom. The molecular formula is C23H26NO4S2+. The van der Waals surface area contributed by atoms with Crippen molar-refractivity contribution in [3.63, 3.8) is 0 Å². The van der Waals surface area contributed by atoms with Crippen LogP contribution >= 0.6 is 23.5 Å². The summed E-state index contributed by atoms with van der Waals surface area (Å²) in [6.45, 7) is 3.82. The Kier molecular flexibility index (Phi) is 7.39. The number of likely N-dealkylation sites (tertiary alicyclic amines) is 1. The lowest BCUT2D eigenvalue weighted by Crippen LogP contribution is -2.61. The standard InChI is InChI=1S/C23H25NO4S2/c1-16(15-29-22(26)18-9-5-3-6-10-18)21(25)24(23(27)28)14-20(13-17(24)2)30-19-11-7-4-8-12-19/h3-12,16-17,20H,13-15H2,1-2H3/p+1/t16?,17-,20-,24-/m1/s1. The van der Waals surface area contributed by atoms with Gasteiger partial charge in [0.05, 0.1) is 11.2 Å². The van der Waals surface area contributed by atoms with Gasteiger partial charge in [0.2, 0.25) is 5.12 Å². The molecule has 1 N–H and O–H groups in total. The number of imide groups is 1. The maximum Gasteiger partial charge on any atom is 0.521 e.